The second-order valence-electron chi connectivity index (χ2n) is 6.30. The molecule has 26 heavy (non-hydrogen) atoms. The number of sulfonamides is 1. The van der Waals surface area contributed by atoms with Gasteiger partial charge in [0.1, 0.15) is 11.5 Å². The molecule has 1 aliphatic heterocycles. The van der Waals surface area contributed by atoms with E-state index in [0.29, 0.717) is 18.8 Å². The molecule has 0 atom stereocenters. The third-order valence-corrected chi connectivity index (χ3v) is 6.58. The number of halogens is 1. The number of hydrogen-bond acceptors (Lipinski definition) is 4. The fourth-order valence-corrected chi connectivity index (χ4v) is 4.68. The van der Waals surface area contributed by atoms with E-state index in [1.54, 1.807) is 12.1 Å². The van der Waals surface area contributed by atoms with Crippen molar-refractivity contribution in [2.75, 3.05) is 13.1 Å². The Morgan fingerprint density at radius 3 is 2.58 bits per heavy atom. The topological polar surface area (TPSA) is 79.6 Å². The van der Waals surface area contributed by atoms with Crippen LogP contribution in [0.5, 0.6) is 0 Å². The summed E-state index contributed by atoms with van der Waals surface area (Å²) in [4.78, 5) is 12.5. The molecule has 1 N–H and O–H groups in total. The van der Waals surface area contributed by atoms with Crippen LogP contribution in [0.3, 0.4) is 0 Å². The maximum absolute atomic E-state index is 12.8. The molecule has 8 heteroatoms. The molecule has 0 unspecified atom stereocenters. The average Bonchev–Trinajstić information content (AvgIpc) is 3.06. The van der Waals surface area contributed by atoms with E-state index in [0.717, 1.165) is 25.0 Å². The molecule has 0 saturated carbocycles. The maximum Gasteiger partial charge on any atom is 0.253 e. The molecular formula is C18H21ClN2O4S. The number of carbonyl (C=O) groups excluding carboxylic acids is 1. The summed E-state index contributed by atoms with van der Waals surface area (Å²) in [6.45, 7) is 3.03. The van der Waals surface area contributed by atoms with Crippen molar-refractivity contribution >= 4 is 27.5 Å². The van der Waals surface area contributed by atoms with Crippen molar-refractivity contribution in [2.45, 2.75) is 37.6 Å². The second kappa shape index (κ2) is 7.82. The van der Waals surface area contributed by atoms with E-state index in [-0.39, 0.29) is 22.0 Å². The van der Waals surface area contributed by atoms with Crippen molar-refractivity contribution in [2.24, 2.45) is 0 Å². The highest BCUT2D eigenvalue weighted by molar-refractivity contribution is 7.89. The number of nitrogens with one attached hydrogen (secondary N) is 1. The van der Waals surface area contributed by atoms with Gasteiger partial charge in [-0.3, -0.25) is 4.79 Å². The summed E-state index contributed by atoms with van der Waals surface area (Å²) in [6.07, 6.45) is 2.73. The lowest BCUT2D eigenvalue weighted by molar-refractivity contribution is 0.0948. The number of aryl methyl sites for hydroxylation is 1. The Hall–Kier alpha value is -1.83. The van der Waals surface area contributed by atoms with Gasteiger partial charge in [-0.1, -0.05) is 18.0 Å². The normalized spacial score (nSPS) is 15.8. The standard InChI is InChI=1S/C18H21ClN2O4S/c1-13-5-6-14(25-13)12-20-18(22)16-11-15(7-8-17(16)19)26(23,24)21-9-3-2-4-10-21/h5-8,11H,2-4,9-10,12H2,1H3,(H,20,22). The number of nitrogens with zero attached hydrogens (tertiary/aromatic N) is 1. The maximum atomic E-state index is 12.8. The monoisotopic (exact) mass is 396 g/mol. The van der Waals surface area contributed by atoms with Crippen LogP contribution < -0.4 is 5.32 Å². The van der Waals surface area contributed by atoms with E-state index < -0.39 is 15.9 Å². The summed E-state index contributed by atoms with van der Waals surface area (Å²) in [5.74, 6) is 0.922. The van der Waals surface area contributed by atoms with Gasteiger partial charge in [0.2, 0.25) is 10.0 Å². The highest BCUT2D eigenvalue weighted by atomic mass is 35.5. The van der Waals surface area contributed by atoms with Crippen molar-refractivity contribution in [3.63, 3.8) is 0 Å². The van der Waals surface area contributed by atoms with Gasteiger partial charge in [0, 0.05) is 13.1 Å². The molecule has 0 radical (unpaired) electrons. The van der Waals surface area contributed by atoms with Crippen LogP contribution in [0.25, 0.3) is 0 Å². The average molecular weight is 397 g/mol. The van der Waals surface area contributed by atoms with Gasteiger partial charge >= 0.3 is 0 Å². The lowest BCUT2D eigenvalue weighted by Crippen LogP contribution is -2.35. The fourth-order valence-electron chi connectivity index (χ4n) is 2.94. The number of piperidine rings is 1. The summed E-state index contributed by atoms with van der Waals surface area (Å²) >= 11 is 6.12. The summed E-state index contributed by atoms with van der Waals surface area (Å²) in [7, 11) is -3.62. The molecule has 6 nitrogen and oxygen atoms in total. The van der Waals surface area contributed by atoms with Gasteiger partial charge in [-0.25, -0.2) is 8.42 Å². The molecule has 0 spiro atoms. The molecule has 1 saturated heterocycles. The molecule has 1 fully saturated rings. The van der Waals surface area contributed by atoms with Gasteiger partial charge in [0.05, 0.1) is 22.0 Å². The minimum atomic E-state index is -3.62. The Labute approximate surface area is 158 Å². The highest BCUT2D eigenvalue weighted by Crippen LogP contribution is 2.25. The number of furan rings is 1. The van der Waals surface area contributed by atoms with Crippen LogP contribution in [0, 0.1) is 6.92 Å². The first-order valence-corrected chi connectivity index (χ1v) is 10.3. The Kier molecular flexibility index (Phi) is 5.70. The van der Waals surface area contributed by atoms with Gasteiger partial charge in [0.15, 0.2) is 0 Å². The van der Waals surface area contributed by atoms with E-state index in [1.165, 1.54) is 22.5 Å². The lowest BCUT2D eigenvalue weighted by Gasteiger charge is -2.26. The fraction of sp³-hybridized carbons (Fsp3) is 0.389. The Morgan fingerprint density at radius 2 is 1.92 bits per heavy atom. The minimum absolute atomic E-state index is 0.0859. The SMILES string of the molecule is Cc1ccc(CNC(=O)c2cc(S(=O)(=O)N3CCCCC3)ccc2Cl)o1. The zero-order valence-corrected chi connectivity index (χ0v) is 16.1. The first kappa shape index (κ1) is 18.9. The zero-order valence-electron chi connectivity index (χ0n) is 14.5. The van der Waals surface area contributed by atoms with Gasteiger partial charge < -0.3 is 9.73 Å². The molecule has 3 rings (SSSR count). The van der Waals surface area contributed by atoms with Crippen LogP contribution in [-0.2, 0) is 16.6 Å². The Bertz CT molecular complexity index is 902. The molecule has 140 valence electrons. The number of benzene rings is 1. The van der Waals surface area contributed by atoms with Gasteiger partial charge in [-0.2, -0.15) is 4.31 Å². The largest absolute Gasteiger partial charge is 0.465 e. The minimum Gasteiger partial charge on any atom is -0.465 e. The van der Waals surface area contributed by atoms with Crippen LogP contribution in [0.1, 0.15) is 41.1 Å². The first-order chi connectivity index (χ1) is 12.4. The van der Waals surface area contributed by atoms with Crippen molar-refractivity contribution in [3.05, 3.63) is 52.4 Å². The third kappa shape index (κ3) is 4.11. The molecule has 0 aliphatic carbocycles. The van der Waals surface area contributed by atoms with Crippen LogP contribution in [0.2, 0.25) is 5.02 Å². The van der Waals surface area contributed by atoms with Gasteiger partial charge in [-0.05, 0) is 50.1 Å². The molecule has 0 bridgehead atoms. The molecule has 1 aliphatic rings. The number of rotatable bonds is 5. The predicted octanol–water partition coefficient (Wildman–Crippen LogP) is 3.35. The van der Waals surface area contributed by atoms with E-state index in [1.807, 2.05) is 6.92 Å². The van der Waals surface area contributed by atoms with Crippen molar-refractivity contribution < 1.29 is 17.6 Å². The predicted molar refractivity (Wildman–Crippen MR) is 98.7 cm³/mol. The summed E-state index contributed by atoms with van der Waals surface area (Å²) in [5.41, 5.74) is 0.132. The van der Waals surface area contributed by atoms with Gasteiger partial charge in [0.25, 0.3) is 5.91 Å². The van der Waals surface area contributed by atoms with E-state index in [2.05, 4.69) is 5.32 Å². The first-order valence-electron chi connectivity index (χ1n) is 8.51. The zero-order chi connectivity index (χ0) is 18.7. The number of carbonyl (C=O) groups is 1. The van der Waals surface area contributed by atoms with Crippen LogP contribution in [-0.4, -0.2) is 31.7 Å². The van der Waals surface area contributed by atoms with Crippen LogP contribution in [0.4, 0.5) is 0 Å². The molecule has 1 aromatic carbocycles. The summed E-state index contributed by atoms with van der Waals surface area (Å²) in [5, 5.41) is 2.91. The third-order valence-electron chi connectivity index (χ3n) is 4.35. The molecule has 2 heterocycles. The highest BCUT2D eigenvalue weighted by Gasteiger charge is 2.27. The smallest absolute Gasteiger partial charge is 0.253 e. The second-order valence-corrected chi connectivity index (χ2v) is 8.65. The van der Waals surface area contributed by atoms with Crippen molar-refractivity contribution in [1.29, 1.82) is 0 Å². The number of amides is 1. The summed E-state index contributed by atoms with van der Waals surface area (Å²) in [6, 6.07) is 7.81. The Morgan fingerprint density at radius 1 is 1.19 bits per heavy atom. The van der Waals surface area contributed by atoms with E-state index in [9.17, 15) is 13.2 Å². The molecular weight excluding hydrogens is 376 g/mol. The molecule has 2 aromatic rings. The number of hydrogen-bond donors (Lipinski definition) is 1. The van der Waals surface area contributed by atoms with Crippen molar-refractivity contribution in [1.82, 2.24) is 9.62 Å². The summed E-state index contributed by atoms with van der Waals surface area (Å²) < 4.78 is 32.5. The van der Waals surface area contributed by atoms with E-state index in [4.69, 9.17) is 16.0 Å². The lowest BCUT2D eigenvalue weighted by atomic mass is 10.2. The van der Waals surface area contributed by atoms with E-state index >= 15 is 0 Å². The Balaban J connectivity index is 1.79. The quantitative estimate of drug-likeness (QED) is 0.840. The van der Waals surface area contributed by atoms with Crippen molar-refractivity contribution in [3.8, 4) is 0 Å². The van der Waals surface area contributed by atoms with Crippen LogP contribution >= 0.6 is 11.6 Å². The van der Waals surface area contributed by atoms with Gasteiger partial charge in [-0.15, -0.1) is 0 Å². The molecule has 1 amide bonds. The van der Waals surface area contributed by atoms with Crippen LogP contribution in [0.15, 0.2) is 39.6 Å². The molecule has 1 aromatic heterocycles.